The average Bonchev–Trinajstić information content (AvgIpc) is 2.45. The molecule has 1 N–H and O–H groups in total. The molecule has 0 aliphatic heterocycles. The van der Waals surface area contributed by atoms with Gasteiger partial charge in [-0.3, -0.25) is 0 Å². The molecule has 0 unspecified atom stereocenters. The molecule has 0 fully saturated rings. The van der Waals surface area contributed by atoms with E-state index in [4.69, 9.17) is 14.7 Å². The largest absolute Gasteiger partial charge is 0.411 e. The number of nitrogens with zero attached hydrogens (tertiary/aromatic N) is 1. The first kappa shape index (κ1) is 15.4. The molecule has 104 valence electrons. The van der Waals surface area contributed by atoms with Crippen molar-refractivity contribution in [2.75, 3.05) is 13.2 Å². The molecule has 0 aliphatic rings. The van der Waals surface area contributed by atoms with Crippen molar-refractivity contribution in [2.45, 2.75) is 26.1 Å². The normalized spacial score (nSPS) is 13.3. The van der Waals surface area contributed by atoms with E-state index in [9.17, 15) is 0 Å². The van der Waals surface area contributed by atoms with Crippen molar-refractivity contribution >= 4 is 6.21 Å². The maximum atomic E-state index is 8.32. The Bertz CT molecular complexity index is 376. The predicted molar refractivity (Wildman–Crippen MR) is 75.5 cm³/mol. The van der Waals surface area contributed by atoms with Crippen LogP contribution in [0.4, 0.5) is 0 Å². The van der Waals surface area contributed by atoms with Crippen LogP contribution in [0.15, 0.2) is 47.6 Å². The lowest BCUT2D eigenvalue weighted by molar-refractivity contribution is -0.00548. The highest BCUT2D eigenvalue weighted by Crippen LogP contribution is 2.05. The molecule has 0 saturated carbocycles. The van der Waals surface area contributed by atoms with Crippen LogP contribution in [0, 0.1) is 0 Å². The van der Waals surface area contributed by atoms with Gasteiger partial charge in [-0.1, -0.05) is 47.6 Å². The van der Waals surface area contributed by atoms with Crippen molar-refractivity contribution < 1.29 is 14.7 Å². The van der Waals surface area contributed by atoms with Crippen molar-refractivity contribution in [3.63, 3.8) is 0 Å². The van der Waals surface area contributed by atoms with E-state index in [2.05, 4.69) is 5.16 Å². The zero-order valence-electron chi connectivity index (χ0n) is 11.2. The number of allylic oxidation sites excluding steroid dienone is 1. The topological polar surface area (TPSA) is 51.0 Å². The summed E-state index contributed by atoms with van der Waals surface area (Å²) in [6, 6.07) is 10.0. The second-order valence-electron chi connectivity index (χ2n) is 4.06. The highest BCUT2D eigenvalue weighted by Gasteiger charge is 2.07. The monoisotopic (exact) mass is 263 g/mol. The molecule has 1 rings (SSSR count). The molecule has 0 spiro atoms. The van der Waals surface area contributed by atoms with E-state index in [1.54, 1.807) is 0 Å². The highest BCUT2D eigenvalue weighted by molar-refractivity contribution is 5.57. The van der Waals surface area contributed by atoms with E-state index in [1.807, 2.05) is 49.4 Å². The number of oxime groups is 1. The van der Waals surface area contributed by atoms with Gasteiger partial charge in [0.1, 0.15) is 0 Å². The third-order valence-electron chi connectivity index (χ3n) is 2.54. The lowest BCUT2D eigenvalue weighted by atomic mass is 10.2. The molecule has 4 heteroatoms. The Morgan fingerprint density at radius 1 is 1.32 bits per heavy atom. The van der Waals surface area contributed by atoms with E-state index >= 15 is 0 Å². The van der Waals surface area contributed by atoms with E-state index in [0.29, 0.717) is 13.2 Å². The fourth-order valence-electron chi connectivity index (χ4n) is 1.57. The Balaban J connectivity index is 2.30. The van der Waals surface area contributed by atoms with Crippen molar-refractivity contribution in [3.05, 3.63) is 48.0 Å². The fraction of sp³-hybridized carbons (Fsp3) is 0.400. The Morgan fingerprint density at radius 2 is 2.11 bits per heavy atom. The molecule has 0 radical (unpaired) electrons. The van der Waals surface area contributed by atoms with Crippen LogP contribution in [-0.2, 0) is 16.1 Å². The van der Waals surface area contributed by atoms with Crippen LogP contribution in [0.2, 0.25) is 0 Å². The number of hydrogen-bond acceptors (Lipinski definition) is 4. The Kier molecular flexibility index (Phi) is 8.34. The number of ether oxygens (including phenoxy) is 2. The summed E-state index contributed by atoms with van der Waals surface area (Å²) in [7, 11) is 0. The molecule has 0 bridgehead atoms. The van der Waals surface area contributed by atoms with E-state index < -0.39 is 0 Å². The summed E-state index contributed by atoms with van der Waals surface area (Å²) in [5, 5.41) is 11.2. The summed E-state index contributed by atoms with van der Waals surface area (Å²) in [5.41, 5.74) is 1.14. The number of rotatable bonds is 9. The van der Waals surface area contributed by atoms with Crippen LogP contribution in [0.5, 0.6) is 0 Å². The molecule has 1 atom stereocenters. The highest BCUT2D eigenvalue weighted by atomic mass is 16.5. The fourth-order valence-corrected chi connectivity index (χ4v) is 1.57. The van der Waals surface area contributed by atoms with Crippen LogP contribution in [0.25, 0.3) is 0 Å². The molecule has 1 aromatic carbocycles. The van der Waals surface area contributed by atoms with Gasteiger partial charge < -0.3 is 14.7 Å². The third kappa shape index (κ3) is 7.39. The summed E-state index contributed by atoms with van der Waals surface area (Å²) < 4.78 is 11.2. The second-order valence-corrected chi connectivity index (χ2v) is 4.06. The molecule has 0 aromatic heterocycles. The van der Waals surface area contributed by atoms with Crippen LogP contribution >= 0.6 is 0 Å². The van der Waals surface area contributed by atoms with Crippen LogP contribution in [0.3, 0.4) is 0 Å². The molecule has 0 amide bonds. The van der Waals surface area contributed by atoms with Crippen molar-refractivity contribution in [1.82, 2.24) is 0 Å². The summed E-state index contributed by atoms with van der Waals surface area (Å²) in [6.07, 6.45) is 6.09. The SMILES string of the molecule is C/C=C/C[C@H](COCc1ccccc1)OCC=NO. The molecule has 4 nitrogen and oxygen atoms in total. The van der Waals surface area contributed by atoms with Gasteiger partial charge in [0, 0.05) is 0 Å². The van der Waals surface area contributed by atoms with Crippen LogP contribution in [0.1, 0.15) is 18.9 Å². The van der Waals surface area contributed by atoms with Gasteiger partial charge >= 0.3 is 0 Å². The van der Waals surface area contributed by atoms with Crippen molar-refractivity contribution in [3.8, 4) is 0 Å². The zero-order chi connectivity index (χ0) is 13.8. The quantitative estimate of drug-likeness (QED) is 0.322. The van der Waals surface area contributed by atoms with Gasteiger partial charge in [-0.05, 0) is 18.9 Å². The lowest BCUT2D eigenvalue weighted by Crippen LogP contribution is -2.20. The zero-order valence-corrected chi connectivity index (χ0v) is 11.2. The number of hydrogen-bond donors (Lipinski definition) is 1. The molecule has 1 aromatic rings. The van der Waals surface area contributed by atoms with Gasteiger partial charge in [0.05, 0.1) is 32.1 Å². The second kappa shape index (κ2) is 10.3. The maximum Gasteiger partial charge on any atom is 0.0857 e. The van der Waals surface area contributed by atoms with Gasteiger partial charge in [0.2, 0.25) is 0 Å². The maximum absolute atomic E-state index is 8.32. The van der Waals surface area contributed by atoms with Gasteiger partial charge in [-0.25, -0.2) is 0 Å². The molecular weight excluding hydrogens is 242 g/mol. The van der Waals surface area contributed by atoms with E-state index in [0.717, 1.165) is 12.0 Å². The van der Waals surface area contributed by atoms with Gasteiger partial charge in [-0.15, -0.1) is 0 Å². The first-order valence-corrected chi connectivity index (χ1v) is 6.37. The molecule has 0 aliphatic carbocycles. The summed E-state index contributed by atoms with van der Waals surface area (Å²) in [6.45, 7) is 3.34. The standard InChI is InChI=1S/C15H21NO3/c1-2-3-9-15(19-11-10-16-17)13-18-12-14-7-5-4-6-8-14/h2-8,10,15,17H,9,11-13H2,1H3/b3-2+,16-10?/t15-/m1/s1. The first-order valence-electron chi connectivity index (χ1n) is 6.37. The van der Waals surface area contributed by atoms with Gasteiger partial charge in [-0.2, -0.15) is 0 Å². The van der Waals surface area contributed by atoms with Crippen LogP contribution < -0.4 is 0 Å². The van der Waals surface area contributed by atoms with Crippen molar-refractivity contribution in [1.29, 1.82) is 0 Å². The van der Waals surface area contributed by atoms with Gasteiger partial charge in [0.15, 0.2) is 0 Å². The first-order chi connectivity index (χ1) is 9.36. The minimum atomic E-state index is -0.0297. The number of benzene rings is 1. The van der Waals surface area contributed by atoms with E-state index in [-0.39, 0.29) is 12.7 Å². The average molecular weight is 263 g/mol. The Labute approximate surface area is 114 Å². The molecule has 0 heterocycles. The summed E-state index contributed by atoms with van der Waals surface area (Å²) >= 11 is 0. The Morgan fingerprint density at radius 3 is 2.79 bits per heavy atom. The molecule has 19 heavy (non-hydrogen) atoms. The van der Waals surface area contributed by atoms with Gasteiger partial charge in [0.25, 0.3) is 0 Å². The minimum absolute atomic E-state index is 0.0297. The van der Waals surface area contributed by atoms with E-state index in [1.165, 1.54) is 6.21 Å². The lowest BCUT2D eigenvalue weighted by Gasteiger charge is -2.15. The molecular formula is C15H21NO3. The summed E-state index contributed by atoms with van der Waals surface area (Å²) in [4.78, 5) is 0. The van der Waals surface area contributed by atoms with Crippen LogP contribution in [-0.4, -0.2) is 30.7 Å². The smallest absolute Gasteiger partial charge is 0.0857 e. The van der Waals surface area contributed by atoms with Crippen molar-refractivity contribution in [2.24, 2.45) is 5.16 Å². The molecule has 0 saturated heterocycles. The summed E-state index contributed by atoms with van der Waals surface area (Å²) in [5.74, 6) is 0. The third-order valence-corrected chi connectivity index (χ3v) is 2.54. The predicted octanol–water partition coefficient (Wildman–Crippen LogP) is 3.01. The minimum Gasteiger partial charge on any atom is -0.411 e. The Hall–Kier alpha value is -1.65.